The highest BCUT2D eigenvalue weighted by Crippen LogP contribution is 2.27. The molecule has 152 valence electrons. The number of benzene rings is 2. The number of hydrogen-bond acceptors (Lipinski definition) is 7. The fourth-order valence-electron chi connectivity index (χ4n) is 2.61. The van der Waals surface area contributed by atoms with Crippen LogP contribution in [-0.4, -0.2) is 23.5 Å². The third kappa shape index (κ3) is 7.68. The van der Waals surface area contributed by atoms with Crippen molar-refractivity contribution in [3.05, 3.63) is 64.4 Å². The predicted molar refractivity (Wildman–Crippen MR) is 109 cm³/mol. The molecule has 9 heteroatoms. The van der Waals surface area contributed by atoms with Crippen LogP contribution in [0, 0.1) is 9.81 Å². The molecule has 0 amide bonds. The summed E-state index contributed by atoms with van der Waals surface area (Å²) < 4.78 is 5.71. The number of rotatable bonds is 13. The lowest BCUT2D eigenvalue weighted by atomic mass is 10.1. The Balaban J connectivity index is 0.00000392. The molecule has 0 spiro atoms. The zero-order chi connectivity index (χ0) is 19.3. The van der Waals surface area contributed by atoms with E-state index in [0.29, 0.717) is 23.2 Å². The molecule has 2 aromatic carbocycles. The molecule has 4 N–H and O–H groups in total. The van der Waals surface area contributed by atoms with Crippen molar-refractivity contribution in [3.8, 4) is 5.75 Å². The molecule has 28 heavy (non-hydrogen) atoms. The summed E-state index contributed by atoms with van der Waals surface area (Å²) >= 11 is 0. The van der Waals surface area contributed by atoms with E-state index in [1.807, 2.05) is 42.5 Å². The Hall–Kier alpha value is -3.04. The van der Waals surface area contributed by atoms with Gasteiger partial charge in [0.2, 0.25) is 0 Å². The Morgan fingerprint density at radius 2 is 1.39 bits per heavy atom. The van der Waals surface area contributed by atoms with Gasteiger partial charge in [0.05, 0.1) is 35.1 Å². The van der Waals surface area contributed by atoms with Crippen LogP contribution in [0.1, 0.15) is 32.1 Å². The molecule has 0 saturated heterocycles. The molecule has 0 radical (unpaired) electrons. The maximum Gasteiger partial charge on any atom is 0.119 e. The van der Waals surface area contributed by atoms with Crippen molar-refractivity contribution in [2.75, 3.05) is 18.2 Å². The first-order valence-corrected chi connectivity index (χ1v) is 8.95. The van der Waals surface area contributed by atoms with Crippen molar-refractivity contribution in [3.63, 3.8) is 0 Å². The molecule has 9 nitrogen and oxygen atoms in total. The summed E-state index contributed by atoms with van der Waals surface area (Å²) in [6.07, 6.45) is 4.59. The number of ether oxygens (including phenoxy) is 1. The number of nitrogens with zero attached hydrogens (tertiary/aromatic N) is 4. The normalized spacial score (nSPS) is 9.89. The average Bonchev–Trinajstić information content (AvgIpc) is 2.72. The number of nitroso groups, excluding NO2 is 2. The smallest absolute Gasteiger partial charge is 0.119 e. The monoisotopic (exact) mass is 389 g/mol. The molecule has 0 fully saturated rings. The SMILES string of the molecule is N.O=NN(O)CCCCCCCOc1ccc(N(N=O)c2ccccc2)cc1. The van der Waals surface area contributed by atoms with Crippen LogP contribution in [0.4, 0.5) is 11.4 Å². The first kappa shape index (κ1) is 23.0. The Morgan fingerprint density at radius 3 is 2.04 bits per heavy atom. The quantitative estimate of drug-likeness (QED) is 0.267. The third-order valence-corrected chi connectivity index (χ3v) is 4.03. The molecule has 0 saturated carbocycles. The van der Waals surface area contributed by atoms with Crippen LogP contribution in [-0.2, 0) is 0 Å². The number of unbranched alkanes of at least 4 members (excludes halogenated alkanes) is 4. The highest BCUT2D eigenvalue weighted by atomic mass is 16.6. The fraction of sp³-hybridized carbons (Fsp3) is 0.368. The van der Waals surface area contributed by atoms with Crippen LogP contribution < -0.4 is 15.9 Å². The first-order chi connectivity index (χ1) is 13.2. The summed E-state index contributed by atoms with van der Waals surface area (Å²) in [5, 5.41) is 16.1. The van der Waals surface area contributed by atoms with Gasteiger partial charge in [-0.3, -0.25) is 5.21 Å². The molecule has 0 unspecified atom stereocenters. The Bertz CT molecular complexity index is 684. The molecular formula is C19H27N5O4. The summed E-state index contributed by atoms with van der Waals surface area (Å²) in [6.45, 7) is 0.873. The van der Waals surface area contributed by atoms with E-state index in [9.17, 15) is 9.81 Å². The van der Waals surface area contributed by atoms with Crippen molar-refractivity contribution in [1.29, 1.82) is 0 Å². The number of hydrogen-bond donors (Lipinski definition) is 2. The minimum Gasteiger partial charge on any atom is -0.494 e. The van der Waals surface area contributed by atoms with E-state index in [1.54, 1.807) is 12.1 Å². The molecule has 0 aromatic heterocycles. The summed E-state index contributed by atoms with van der Waals surface area (Å²) in [4.78, 5) is 21.2. The van der Waals surface area contributed by atoms with E-state index in [-0.39, 0.29) is 12.7 Å². The molecule has 0 atom stereocenters. The van der Waals surface area contributed by atoms with Gasteiger partial charge in [0.25, 0.3) is 0 Å². The minimum atomic E-state index is 0. The second-order valence-corrected chi connectivity index (χ2v) is 6.02. The first-order valence-electron chi connectivity index (χ1n) is 8.95. The van der Waals surface area contributed by atoms with Gasteiger partial charge in [0, 0.05) is 0 Å². The van der Waals surface area contributed by atoms with Crippen LogP contribution in [0.25, 0.3) is 0 Å². The van der Waals surface area contributed by atoms with Crippen LogP contribution in [0.5, 0.6) is 5.75 Å². The zero-order valence-corrected chi connectivity index (χ0v) is 15.8. The van der Waals surface area contributed by atoms with Crippen molar-refractivity contribution < 1.29 is 9.94 Å². The number of para-hydroxylation sites is 1. The highest BCUT2D eigenvalue weighted by molar-refractivity contribution is 5.62. The summed E-state index contributed by atoms with van der Waals surface area (Å²) in [5.41, 5.74) is 1.38. The number of hydroxylamine groups is 1. The summed E-state index contributed by atoms with van der Waals surface area (Å²) in [7, 11) is 0. The van der Waals surface area contributed by atoms with Crippen LogP contribution >= 0.6 is 0 Å². The maximum atomic E-state index is 11.2. The lowest BCUT2D eigenvalue weighted by Gasteiger charge is -2.15. The van der Waals surface area contributed by atoms with Gasteiger partial charge in [-0.25, -0.2) is 0 Å². The molecule has 2 rings (SSSR count). The molecule has 0 aliphatic carbocycles. The van der Waals surface area contributed by atoms with Crippen LogP contribution in [0.15, 0.2) is 65.2 Å². The van der Waals surface area contributed by atoms with Crippen molar-refractivity contribution in [2.45, 2.75) is 32.1 Å². The lowest BCUT2D eigenvalue weighted by molar-refractivity contribution is -0.0924. The van der Waals surface area contributed by atoms with Gasteiger partial charge in [-0.15, -0.1) is 15.0 Å². The molecule has 2 aromatic rings. The Labute approximate surface area is 164 Å². The molecule has 0 aliphatic rings. The van der Waals surface area contributed by atoms with Crippen LogP contribution in [0.2, 0.25) is 0 Å². The van der Waals surface area contributed by atoms with E-state index < -0.39 is 0 Å². The Kier molecular flexibility index (Phi) is 10.8. The largest absolute Gasteiger partial charge is 0.494 e. The van der Waals surface area contributed by atoms with Gasteiger partial charge in [0.1, 0.15) is 5.75 Å². The van der Waals surface area contributed by atoms with Gasteiger partial charge in [-0.2, -0.15) is 5.01 Å². The maximum absolute atomic E-state index is 11.2. The fourth-order valence-corrected chi connectivity index (χ4v) is 2.61. The summed E-state index contributed by atoms with van der Waals surface area (Å²) in [6, 6.07) is 16.5. The van der Waals surface area contributed by atoms with Gasteiger partial charge < -0.3 is 10.9 Å². The zero-order valence-electron chi connectivity index (χ0n) is 15.8. The van der Waals surface area contributed by atoms with Crippen molar-refractivity contribution >= 4 is 11.4 Å². The van der Waals surface area contributed by atoms with E-state index in [2.05, 4.69) is 10.6 Å². The second-order valence-electron chi connectivity index (χ2n) is 6.02. The van der Waals surface area contributed by atoms with Crippen molar-refractivity contribution in [1.82, 2.24) is 11.3 Å². The predicted octanol–water partition coefficient (Wildman–Crippen LogP) is 5.37. The molecule has 0 aliphatic heterocycles. The van der Waals surface area contributed by atoms with Gasteiger partial charge in [0.15, 0.2) is 0 Å². The van der Waals surface area contributed by atoms with E-state index in [1.165, 1.54) is 5.01 Å². The van der Waals surface area contributed by atoms with Crippen molar-refractivity contribution in [2.24, 2.45) is 10.6 Å². The summed E-state index contributed by atoms with van der Waals surface area (Å²) in [5.74, 6) is 0.741. The minimum absolute atomic E-state index is 0. The second kappa shape index (κ2) is 13.2. The molecular weight excluding hydrogens is 362 g/mol. The van der Waals surface area contributed by atoms with E-state index in [0.717, 1.165) is 37.9 Å². The topological polar surface area (TPSA) is 130 Å². The lowest BCUT2D eigenvalue weighted by Crippen LogP contribution is -2.11. The third-order valence-electron chi connectivity index (χ3n) is 4.03. The van der Waals surface area contributed by atoms with E-state index >= 15 is 0 Å². The molecule has 0 heterocycles. The van der Waals surface area contributed by atoms with Crippen LogP contribution in [0.3, 0.4) is 0 Å². The average molecular weight is 389 g/mol. The number of anilines is 2. The van der Waals surface area contributed by atoms with Gasteiger partial charge in [-0.1, -0.05) is 37.5 Å². The van der Waals surface area contributed by atoms with Gasteiger partial charge >= 0.3 is 0 Å². The molecule has 0 bridgehead atoms. The Morgan fingerprint density at radius 1 is 0.786 bits per heavy atom. The standard InChI is InChI=1S/C19H24N4O4.H3N/c24-20-22(26)15-7-2-1-3-8-16-27-19-13-11-18(12-14-19)23(21-25)17-9-5-4-6-10-17;/h4-6,9-14,26H,1-3,7-8,15-16H2;1H3. The van der Waals surface area contributed by atoms with Gasteiger partial charge in [-0.05, 0) is 49.2 Å². The highest BCUT2D eigenvalue weighted by Gasteiger charge is 2.09. The van der Waals surface area contributed by atoms with E-state index in [4.69, 9.17) is 9.94 Å².